The van der Waals surface area contributed by atoms with Gasteiger partial charge in [0, 0.05) is 5.66 Å². The first-order valence-electron chi connectivity index (χ1n) is 11.4. The first-order valence-corrected chi connectivity index (χ1v) is 13.0. The molecule has 1 aromatic rings. The Morgan fingerprint density at radius 3 is 2.00 bits per heavy atom. The summed E-state index contributed by atoms with van der Waals surface area (Å²) < 4.78 is 17.9. The van der Waals surface area contributed by atoms with Crippen LogP contribution in [0.5, 0.6) is 5.75 Å². The minimum absolute atomic E-state index is 0. The van der Waals surface area contributed by atoms with Gasteiger partial charge in [-0.25, -0.2) is 0 Å². The Kier molecular flexibility index (Phi) is 15.2. The molecular formula is C24H42NaO4P. The molecule has 0 aromatic heterocycles. The van der Waals surface area contributed by atoms with E-state index in [1.807, 2.05) is 20.8 Å². The molecule has 2 unspecified atom stereocenters. The zero-order valence-corrected chi connectivity index (χ0v) is 23.1. The van der Waals surface area contributed by atoms with Gasteiger partial charge in [0.05, 0.1) is 6.61 Å². The average Bonchev–Trinajstić information content (AvgIpc) is 2.65. The summed E-state index contributed by atoms with van der Waals surface area (Å²) in [5.41, 5.74) is 0.418. The summed E-state index contributed by atoms with van der Waals surface area (Å²) in [6.07, 6.45) is 12.0. The molecule has 2 atom stereocenters. The van der Waals surface area contributed by atoms with Crippen LogP contribution in [-0.2, 0) is 14.5 Å². The van der Waals surface area contributed by atoms with E-state index in [1.165, 1.54) is 44.9 Å². The molecule has 0 heterocycles. The van der Waals surface area contributed by atoms with Crippen LogP contribution in [0.4, 0.5) is 0 Å². The van der Waals surface area contributed by atoms with Crippen LogP contribution in [0.25, 0.3) is 0 Å². The van der Waals surface area contributed by atoms with Crippen molar-refractivity contribution < 1.29 is 48.6 Å². The smallest absolute Gasteiger partial charge is 0.778 e. The molecule has 0 fully saturated rings. The van der Waals surface area contributed by atoms with Gasteiger partial charge in [0.2, 0.25) is 0 Å². The summed E-state index contributed by atoms with van der Waals surface area (Å²) in [6.45, 7) is 10.1. The van der Waals surface area contributed by atoms with E-state index < -0.39 is 13.3 Å². The van der Waals surface area contributed by atoms with Gasteiger partial charge in [0.25, 0.3) is 0 Å². The van der Waals surface area contributed by atoms with E-state index in [2.05, 4.69) is 6.92 Å². The van der Waals surface area contributed by atoms with E-state index in [1.54, 1.807) is 25.1 Å². The van der Waals surface area contributed by atoms with E-state index >= 15 is 0 Å². The molecule has 0 saturated carbocycles. The van der Waals surface area contributed by atoms with Gasteiger partial charge in [-0.05, 0) is 29.0 Å². The molecule has 0 bridgehead atoms. The molecule has 0 saturated heterocycles. The van der Waals surface area contributed by atoms with Crippen molar-refractivity contribution in [3.8, 4) is 5.75 Å². The second-order valence-electron chi connectivity index (χ2n) is 9.26. The number of phenols is 1. The fraction of sp³-hybridized carbons (Fsp3) is 0.750. The summed E-state index contributed by atoms with van der Waals surface area (Å²) in [5.74, 6) is 0.195. The minimum Gasteiger partial charge on any atom is -0.778 e. The third-order valence-corrected chi connectivity index (χ3v) is 7.34. The SMILES string of the molecule is CCCCCCCCCCCCOP(=O)([O-])C(C)c1ccc(O)c(C(C)(C)C)c1.[Na+]. The minimum atomic E-state index is -4.00. The van der Waals surface area contributed by atoms with Crippen LogP contribution in [0.2, 0.25) is 0 Å². The second-order valence-corrected chi connectivity index (χ2v) is 11.4. The zero-order valence-electron chi connectivity index (χ0n) is 20.2. The van der Waals surface area contributed by atoms with Gasteiger partial charge in [-0.1, -0.05) is 105 Å². The second kappa shape index (κ2) is 15.1. The maximum absolute atomic E-state index is 12.6. The molecule has 6 heteroatoms. The third kappa shape index (κ3) is 11.2. The number of benzene rings is 1. The maximum Gasteiger partial charge on any atom is 1.00 e. The Morgan fingerprint density at radius 2 is 1.50 bits per heavy atom. The van der Waals surface area contributed by atoms with Gasteiger partial charge in [-0.2, -0.15) is 0 Å². The Bertz CT molecular complexity index is 643. The van der Waals surface area contributed by atoms with E-state index in [4.69, 9.17) is 4.52 Å². The number of hydrogen-bond donors (Lipinski definition) is 1. The molecule has 1 N–H and O–H groups in total. The Labute approximate surface area is 207 Å². The number of rotatable bonds is 14. The van der Waals surface area contributed by atoms with Crippen molar-refractivity contribution >= 4 is 7.60 Å². The fourth-order valence-corrected chi connectivity index (χ4v) is 4.62. The molecule has 30 heavy (non-hydrogen) atoms. The van der Waals surface area contributed by atoms with Crippen LogP contribution in [0, 0.1) is 0 Å². The quantitative estimate of drug-likeness (QED) is 0.263. The van der Waals surface area contributed by atoms with E-state index in [0.29, 0.717) is 5.56 Å². The molecule has 0 spiro atoms. The van der Waals surface area contributed by atoms with E-state index in [9.17, 15) is 14.6 Å². The van der Waals surface area contributed by atoms with Crippen molar-refractivity contribution in [1.82, 2.24) is 0 Å². The molecule has 0 amide bonds. The van der Waals surface area contributed by atoms with E-state index in [-0.39, 0.29) is 47.3 Å². The monoisotopic (exact) mass is 448 g/mol. The van der Waals surface area contributed by atoms with Crippen LogP contribution in [0.3, 0.4) is 0 Å². The van der Waals surface area contributed by atoms with Gasteiger partial charge in [-0.15, -0.1) is 0 Å². The van der Waals surface area contributed by atoms with Gasteiger partial charge in [-0.3, -0.25) is 0 Å². The van der Waals surface area contributed by atoms with Crippen LogP contribution < -0.4 is 34.5 Å². The van der Waals surface area contributed by atoms with Crippen molar-refractivity contribution in [3.05, 3.63) is 29.3 Å². The van der Waals surface area contributed by atoms with Crippen molar-refractivity contribution in [2.24, 2.45) is 0 Å². The normalized spacial score (nSPS) is 14.7. The van der Waals surface area contributed by atoms with Crippen LogP contribution >= 0.6 is 7.60 Å². The van der Waals surface area contributed by atoms with Crippen LogP contribution in [0.1, 0.15) is 116 Å². The fourth-order valence-electron chi connectivity index (χ4n) is 3.49. The molecule has 0 radical (unpaired) electrons. The topological polar surface area (TPSA) is 69.6 Å². The van der Waals surface area contributed by atoms with Gasteiger partial charge < -0.3 is 19.1 Å². The third-order valence-electron chi connectivity index (χ3n) is 5.55. The average molecular weight is 449 g/mol. The maximum atomic E-state index is 12.6. The number of phenolic OH excluding ortho intramolecular Hbond substituents is 1. The summed E-state index contributed by atoms with van der Waals surface area (Å²) >= 11 is 0. The Hall–Kier alpha value is 0.170. The molecule has 1 aromatic carbocycles. The molecule has 1 rings (SSSR count). The number of hydrogen-bond acceptors (Lipinski definition) is 4. The van der Waals surface area contributed by atoms with Crippen molar-refractivity contribution in [1.29, 1.82) is 0 Å². The summed E-state index contributed by atoms with van der Waals surface area (Å²) in [4.78, 5) is 12.6. The number of aromatic hydroxyl groups is 1. The van der Waals surface area contributed by atoms with Crippen molar-refractivity contribution in [2.75, 3.05) is 6.61 Å². The standard InChI is InChI=1S/C24H43O4P.Na/c1-6-7-8-9-10-11-12-13-14-15-18-28-29(26,27)20(2)21-16-17-23(25)22(19-21)24(3,4)5;/h16-17,19-20,25H,6-15,18H2,1-5H3,(H,26,27);/q;+1/p-1. The van der Waals surface area contributed by atoms with Gasteiger partial charge in [0.1, 0.15) is 13.3 Å². The van der Waals surface area contributed by atoms with Crippen LogP contribution in [-0.4, -0.2) is 11.7 Å². The van der Waals surface area contributed by atoms with Gasteiger partial charge >= 0.3 is 29.6 Å². The van der Waals surface area contributed by atoms with Crippen molar-refractivity contribution in [2.45, 2.75) is 110 Å². The summed E-state index contributed by atoms with van der Waals surface area (Å²) in [7, 11) is -4.00. The predicted molar refractivity (Wildman–Crippen MR) is 121 cm³/mol. The first kappa shape index (κ1) is 30.2. The Balaban J connectivity index is 0.00000841. The van der Waals surface area contributed by atoms with Gasteiger partial charge in [0.15, 0.2) is 0 Å². The number of unbranched alkanes of at least 4 members (excludes halogenated alkanes) is 9. The molecule has 168 valence electrons. The molecule has 0 aliphatic carbocycles. The largest absolute Gasteiger partial charge is 1.00 e. The molecule has 4 nitrogen and oxygen atoms in total. The van der Waals surface area contributed by atoms with E-state index in [0.717, 1.165) is 24.8 Å². The van der Waals surface area contributed by atoms with Crippen molar-refractivity contribution in [3.63, 3.8) is 0 Å². The predicted octanol–water partition coefficient (Wildman–Crippen LogP) is 4.25. The Morgan fingerprint density at radius 1 is 1.00 bits per heavy atom. The zero-order chi connectivity index (χ0) is 21.9. The molecular weight excluding hydrogens is 406 g/mol. The molecule has 0 aliphatic rings. The van der Waals surface area contributed by atoms with Crippen LogP contribution in [0.15, 0.2) is 18.2 Å². The summed E-state index contributed by atoms with van der Waals surface area (Å²) in [5, 5.41) is 10.1. The molecule has 0 aliphatic heterocycles. The first-order chi connectivity index (χ1) is 13.6. The summed E-state index contributed by atoms with van der Waals surface area (Å²) in [6, 6.07) is 5.03.